The number of hydrogen-bond donors (Lipinski definition) is 1. The van der Waals surface area contributed by atoms with Crippen molar-refractivity contribution in [2.45, 2.75) is 30.8 Å². The summed E-state index contributed by atoms with van der Waals surface area (Å²) in [5, 5.41) is -0.215. The second kappa shape index (κ2) is 7.61. The summed E-state index contributed by atoms with van der Waals surface area (Å²) in [6.07, 6.45) is 1.61. The highest BCUT2D eigenvalue weighted by Crippen LogP contribution is 2.36. The molecule has 2 amide bonds. The predicted octanol–water partition coefficient (Wildman–Crippen LogP) is 2.77. The van der Waals surface area contributed by atoms with Crippen LogP contribution in [0.3, 0.4) is 0 Å². The number of primary amides is 1. The first kappa shape index (κ1) is 17.4. The van der Waals surface area contributed by atoms with Gasteiger partial charge in [-0.05, 0) is 31.4 Å². The number of para-hydroxylation sites is 1. The van der Waals surface area contributed by atoms with Gasteiger partial charge in [0, 0.05) is 18.8 Å². The fraction of sp³-hybridized carbons (Fsp3) is 0.471. The van der Waals surface area contributed by atoms with E-state index < -0.39 is 0 Å². The van der Waals surface area contributed by atoms with Gasteiger partial charge in [-0.2, -0.15) is 0 Å². The van der Waals surface area contributed by atoms with Gasteiger partial charge in [-0.25, -0.2) is 4.99 Å². The van der Waals surface area contributed by atoms with E-state index in [-0.39, 0.29) is 23.0 Å². The van der Waals surface area contributed by atoms with Crippen molar-refractivity contribution in [1.29, 1.82) is 0 Å². The molecular formula is C17H21N3O2S2. The molecule has 0 unspecified atom stereocenters. The third-order valence-corrected chi connectivity index (χ3v) is 6.60. The number of fused-ring (bicyclic) bond motifs is 1. The maximum atomic E-state index is 12.7. The SMILES string of the molecule is C[C@H](SC1=Nc2ccccc2CS1)C(=O)N1CCC[C@H](C(N)=O)C1. The van der Waals surface area contributed by atoms with E-state index in [1.54, 1.807) is 16.7 Å². The van der Waals surface area contributed by atoms with Crippen LogP contribution in [-0.4, -0.2) is 39.4 Å². The molecule has 2 aliphatic heterocycles. The van der Waals surface area contributed by atoms with E-state index in [4.69, 9.17) is 5.73 Å². The van der Waals surface area contributed by atoms with E-state index in [9.17, 15) is 9.59 Å². The summed E-state index contributed by atoms with van der Waals surface area (Å²) < 4.78 is 0.929. The van der Waals surface area contributed by atoms with Crippen LogP contribution >= 0.6 is 23.5 Å². The van der Waals surface area contributed by atoms with Crippen LogP contribution in [-0.2, 0) is 15.3 Å². The predicted molar refractivity (Wildman–Crippen MR) is 100 cm³/mol. The van der Waals surface area contributed by atoms with Crippen LogP contribution in [0.15, 0.2) is 29.3 Å². The Bertz CT molecular complexity index is 678. The van der Waals surface area contributed by atoms with Gasteiger partial charge in [-0.15, -0.1) is 0 Å². The summed E-state index contributed by atoms with van der Waals surface area (Å²) in [5.74, 6) is 0.425. The molecule has 0 spiro atoms. The number of nitrogens with two attached hydrogens (primary N) is 1. The van der Waals surface area contributed by atoms with Crippen LogP contribution in [0, 0.1) is 5.92 Å². The summed E-state index contributed by atoms with van der Waals surface area (Å²) >= 11 is 3.17. The quantitative estimate of drug-likeness (QED) is 0.896. The number of rotatable bonds is 3. The van der Waals surface area contributed by atoms with Crippen LogP contribution in [0.1, 0.15) is 25.3 Å². The van der Waals surface area contributed by atoms with Crippen LogP contribution in [0.25, 0.3) is 0 Å². The Morgan fingerprint density at radius 3 is 3.00 bits per heavy atom. The zero-order chi connectivity index (χ0) is 17.1. The van der Waals surface area contributed by atoms with Crippen molar-refractivity contribution in [3.8, 4) is 0 Å². The summed E-state index contributed by atoms with van der Waals surface area (Å²) in [6.45, 7) is 3.06. The monoisotopic (exact) mass is 363 g/mol. The molecule has 0 saturated carbocycles. The van der Waals surface area contributed by atoms with Crippen molar-refractivity contribution < 1.29 is 9.59 Å². The number of likely N-dealkylation sites (tertiary alicyclic amines) is 1. The van der Waals surface area contributed by atoms with Gasteiger partial charge in [-0.1, -0.05) is 41.7 Å². The highest BCUT2D eigenvalue weighted by Gasteiger charge is 2.30. The molecule has 2 heterocycles. The van der Waals surface area contributed by atoms with Crippen LogP contribution in [0.4, 0.5) is 5.69 Å². The minimum atomic E-state index is -0.309. The van der Waals surface area contributed by atoms with Gasteiger partial charge < -0.3 is 10.6 Å². The number of benzene rings is 1. The maximum Gasteiger partial charge on any atom is 0.235 e. The molecule has 2 N–H and O–H groups in total. The van der Waals surface area contributed by atoms with E-state index in [0.29, 0.717) is 13.1 Å². The van der Waals surface area contributed by atoms with Gasteiger partial charge in [0.05, 0.1) is 16.9 Å². The number of piperidine rings is 1. The van der Waals surface area contributed by atoms with E-state index in [2.05, 4.69) is 11.1 Å². The van der Waals surface area contributed by atoms with Crippen LogP contribution in [0.2, 0.25) is 0 Å². The molecule has 7 heteroatoms. The van der Waals surface area contributed by atoms with Crippen molar-refractivity contribution in [3.05, 3.63) is 29.8 Å². The zero-order valence-corrected chi connectivity index (χ0v) is 15.2. The lowest BCUT2D eigenvalue weighted by molar-refractivity contribution is -0.134. The van der Waals surface area contributed by atoms with E-state index in [0.717, 1.165) is 28.7 Å². The number of nitrogens with zero attached hydrogens (tertiary/aromatic N) is 2. The van der Waals surface area contributed by atoms with Crippen molar-refractivity contribution in [1.82, 2.24) is 4.90 Å². The molecule has 2 atom stereocenters. The molecule has 1 aromatic rings. The molecule has 5 nitrogen and oxygen atoms in total. The van der Waals surface area contributed by atoms with Crippen molar-refractivity contribution in [3.63, 3.8) is 0 Å². The molecular weight excluding hydrogens is 342 g/mol. The lowest BCUT2D eigenvalue weighted by atomic mass is 9.97. The second-order valence-corrected chi connectivity index (χ2v) is 8.63. The fourth-order valence-electron chi connectivity index (χ4n) is 2.94. The normalized spacial score (nSPS) is 21.6. The van der Waals surface area contributed by atoms with E-state index in [1.165, 1.54) is 17.3 Å². The van der Waals surface area contributed by atoms with Gasteiger partial charge in [0.25, 0.3) is 0 Å². The number of carbonyl (C=O) groups is 2. The third kappa shape index (κ3) is 3.95. The summed E-state index contributed by atoms with van der Waals surface area (Å²) in [5.41, 5.74) is 7.61. The Morgan fingerprint density at radius 2 is 2.21 bits per heavy atom. The molecule has 24 heavy (non-hydrogen) atoms. The van der Waals surface area contributed by atoms with Gasteiger partial charge in [0.1, 0.15) is 4.38 Å². The molecule has 1 aromatic carbocycles. The Labute approximate surface area is 150 Å². The first-order valence-electron chi connectivity index (χ1n) is 8.08. The lowest BCUT2D eigenvalue weighted by Gasteiger charge is -2.33. The number of amides is 2. The van der Waals surface area contributed by atoms with E-state index >= 15 is 0 Å². The van der Waals surface area contributed by atoms with Crippen LogP contribution in [0.5, 0.6) is 0 Å². The smallest absolute Gasteiger partial charge is 0.235 e. The Balaban J connectivity index is 1.63. The standard InChI is InChI=1S/C17H21N3O2S2/c1-11(16(22)20-8-4-6-12(9-20)15(18)21)24-17-19-14-7-3-2-5-13(14)10-23-17/h2-3,5,7,11-12H,4,6,8-10H2,1H3,(H2,18,21)/t11-,12-/m0/s1. The average molecular weight is 364 g/mol. The Hall–Kier alpha value is -1.47. The third-order valence-electron chi connectivity index (χ3n) is 4.32. The molecule has 128 valence electrons. The molecule has 3 rings (SSSR count). The number of carbonyl (C=O) groups excluding carboxylic acids is 2. The molecule has 0 aromatic heterocycles. The topological polar surface area (TPSA) is 75.8 Å². The second-order valence-electron chi connectivity index (χ2n) is 6.08. The average Bonchev–Trinajstić information content (AvgIpc) is 2.61. The summed E-state index contributed by atoms with van der Waals surface area (Å²) in [4.78, 5) is 30.5. The Kier molecular flexibility index (Phi) is 5.50. The highest BCUT2D eigenvalue weighted by molar-refractivity contribution is 8.39. The molecule has 0 radical (unpaired) electrons. The Morgan fingerprint density at radius 1 is 1.42 bits per heavy atom. The van der Waals surface area contributed by atoms with Crippen molar-refractivity contribution >= 4 is 45.4 Å². The number of hydrogen-bond acceptors (Lipinski definition) is 5. The van der Waals surface area contributed by atoms with Gasteiger partial charge in [-0.3, -0.25) is 9.59 Å². The first-order chi connectivity index (χ1) is 11.5. The summed E-state index contributed by atoms with van der Waals surface area (Å²) in [6, 6.07) is 8.08. The largest absolute Gasteiger partial charge is 0.369 e. The van der Waals surface area contributed by atoms with Crippen molar-refractivity contribution in [2.75, 3.05) is 13.1 Å². The minimum Gasteiger partial charge on any atom is -0.369 e. The van der Waals surface area contributed by atoms with Crippen LogP contribution < -0.4 is 5.73 Å². The summed E-state index contributed by atoms with van der Waals surface area (Å²) in [7, 11) is 0. The number of thioether (sulfide) groups is 2. The van der Waals surface area contributed by atoms with Gasteiger partial charge in [0.2, 0.25) is 11.8 Å². The minimum absolute atomic E-state index is 0.0631. The number of aliphatic imine (C=N–C) groups is 1. The highest BCUT2D eigenvalue weighted by atomic mass is 32.2. The first-order valence-corrected chi connectivity index (χ1v) is 9.95. The molecule has 2 aliphatic rings. The van der Waals surface area contributed by atoms with Gasteiger partial charge in [0.15, 0.2) is 0 Å². The van der Waals surface area contributed by atoms with E-state index in [1.807, 2.05) is 25.1 Å². The van der Waals surface area contributed by atoms with Gasteiger partial charge >= 0.3 is 0 Å². The van der Waals surface area contributed by atoms with Crippen molar-refractivity contribution in [2.24, 2.45) is 16.6 Å². The zero-order valence-electron chi connectivity index (χ0n) is 13.6. The maximum absolute atomic E-state index is 12.7. The molecule has 0 bridgehead atoms. The molecule has 1 fully saturated rings. The molecule has 0 aliphatic carbocycles. The molecule has 1 saturated heterocycles. The fourth-order valence-corrected chi connectivity index (χ4v) is 5.21. The lowest BCUT2D eigenvalue weighted by Crippen LogP contribution is -2.46.